The van der Waals surface area contributed by atoms with Gasteiger partial charge in [0.25, 0.3) is 0 Å². The molecule has 0 spiro atoms. The van der Waals surface area contributed by atoms with Gasteiger partial charge < -0.3 is 14.6 Å². The van der Waals surface area contributed by atoms with Gasteiger partial charge in [-0.3, -0.25) is 0 Å². The van der Waals surface area contributed by atoms with E-state index >= 15 is 0 Å². The van der Waals surface area contributed by atoms with Crippen LogP contribution in [-0.4, -0.2) is 11.7 Å². The van der Waals surface area contributed by atoms with Crippen LogP contribution in [0.25, 0.3) is 0 Å². The van der Waals surface area contributed by atoms with Gasteiger partial charge in [-0.1, -0.05) is 29.7 Å². The van der Waals surface area contributed by atoms with E-state index in [0.717, 1.165) is 24.2 Å². The normalized spacial score (nSPS) is 12.4. The monoisotopic (exact) mass is 308 g/mol. The summed E-state index contributed by atoms with van der Waals surface area (Å²) in [6.07, 6.45) is 1.11. The molecule has 5 heteroatoms. The fourth-order valence-electron chi connectivity index (χ4n) is 2.02. The van der Waals surface area contributed by atoms with E-state index in [9.17, 15) is 0 Å². The lowest BCUT2D eigenvalue weighted by molar-refractivity contribution is 0.249. The molecular formula is C16H21ClN2O2. The fraction of sp³-hybridized carbons (Fsp3) is 0.438. The molecule has 4 nitrogen and oxygen atoms in total. The average molecular weight is 309 g/mol. The smallest absolute Gasteiger partial charge is 0.174 e. The van der Waals surface area contributed by atoms with Crippen LogP contribution in [0.2, 0.25) is 5.02 Å². The highest BCUT2D eigenvalue weighted by Crippen LogP contribution is 2.28. The molecular weight excluding hydrogens is 288 g/mol. The standard InChI is InChI=1S/C16H21ClN2O2/c1-4-7-18-12(3)13-5-6-16(15(17)9-13)20-10-14-8-11(2)19-21-14/h5-6,8-9,12,18H,4,7,10H2,1-3H3. The summed E-state index contributed by atoms with van der Waals surface area (Å²) in [5, 5.41) is 7.86. The molecule has 1 heterocycles. The molecule has 2 rings (SSSR count). The van der Waals surface area contributed by atoms with Gasteiger partial charge in [-0.25, -0.2) is 0 Å². The van der Waals surface area contributed by atoms with E-state index in [1.54, 1.807) is 0 Å². The van der Waals surface area contributed by atoms with Crippen molar-refractivity contribution in [3.05, 3.63) is 46.3 Å². The lowest BCUT2D eigenvalue weighted by atomic mass is 10.1. The number of nitrogens with zero attached hydrogens (tertiary/aromatic N) is 1. The van der Waals surface area contributed by atoms with Crippen molar-refractivity contribution in [2.75, 3.05) is 6.54 Å². The quantitative estimate of drug-likeness (QED) is 0.829. The molecule has 114 valence electrons. The maximum Gasteiger partial charge on any atom is 0.174 e. The van der Waals surface area contributed by atoms with Gasteiger partial charge in [0.1, 0.15) is 12.4 Å². The molecule has 1 aromatic carbocycles. The van der Waals surface area contributed by atoms with Crippen molar-refractivity contribution in [2.45, 2.75) is 39.8 Å². The summed E-state index contributed by atoms with van der Waals surface area (Å²) in [4.78, 5) is 0. The van der Waals surface area contributed by atoms with Gasteiger partial charge in [0, 0.05) is 12.1 Å². The summed E-state index contributed by atoms with van der Waals surface area (Å²) in [6, 6.07) is 7.98. The number of aryl methyl sites for hydroxylation is 1. The molecule has 0 radical (unpaired) electrons. The van der Waals surface area contributed by atoms with E-state index in [2.05, 4.69) is 24.3 Å². The van der Waals surface area contributed by atoms with Gasteiger partial charge in [0.2, 0.25) is 0 Å². The van der Waals surface area contributed by atoms with E-state index in [0.29, 0.717) is 23.1 Å². The summed E-state index contributed by atoms with van der Waals surface area (Å²) in [7, 11) is 0. The molecule has 0 aliphatic carbocycles. The highest BCUT2D eigenvalue weighted by atomic mass is 35.5. The van der Waals surface area contributed by atoms with Gasteiger partial charge in [0.05, 0.1) is 10.7 Å². The molecule has 0 amide bonds. The molecule has 21 heavy (non-hydrogen) atoms. The van der Waals surface area contributed by atoms with Gasteiger partial charge >= 0.3 is 0 Å². The largest absolute Gasteiger partial charge is 0.484 e. The summed E-state index contributed by atoms with van der Waals surface area (Å²) >= 11 is 6.28. The van der Waals surface area contributed by atoms with Crippen molar-refractivity contribution < 1.29 is 9.26 Å². The number of benzene rings is 1. The maximum atomic E-state index is 6.28. The van der Waals surface area contributed by atoms with Crippen molar-refractivity contribution >= 4 is 11.6 Å². The van der Waals surface area contributed by atoms with E-state index in [-0.39, 0.29) is 6.04 Å². The predicted octanol–water partition coefficient (Wildman–Crippen LogP) is 4.28. The molecule has 1 N–H and O–H groups in total. The Morgan fingerprint density at radius 2 is 2.19 bits per heavy atom. The van der Waals surface area contributed by atoms with Crippen LogP contribution in [0, 0.1) is 6.92 Å². The van der Waals surface area contributed by atoms with Gasteiger partial charge in [0.15, 0.2) is 5.76 Å². The minimum Gasteiger partial charge on any atom is -0.484 e. The van der Waals surface area contributed by atoms with E-state index < -0.39 is 0 Å². The molecule has 2 aromatic rings. The van der Waals surface area contributed by atoms with Crippen molar-refractivity contribution in [1.29, 1.82) is 0 Å². The molecule has 0 fully saturated rings. The Kier molecular flexibility index (Phi) is 5.65. The first-order valence-corrected chi connectivity index (χ1v) is 7.55. The van der Waals surface area contributed by atoms with Gasteiger partial charge in [-0.2, -0.15) is 0 Å². The first-order chi connectivity index (χ1) is 10.1. The van der Waals surface area contributed by atoms with Crippen LogP contribution in [0.15, 0.2) is 28.8 Å². The number of rotatable bonds is 7. The number of nitrogens with one attached hydrogen (secondary N) is 1. The zero-order valence-electron chi connectivity index (χ0n) is 12.6. The van der Waals surface area contributed by atoms with E-state index in [4.69, 9.17) is 20.9 Å². The number of halogens is 1. The third-order valence-electron chi connectivity index (χ3n) is 3.20. The second-order valence-electron chi connectivity index (χ2n) is 5.09. The second kappa shape index (κ2) is 7.48. The summed E-state index contributed by atoms with van der Waals surface area (Å²) < 4.78 is 10.8. The Morgan fingerprint density at radius 1 is 1.38 bits per heavy atom. The zero-order chi connectivity index (χ0) is 15.2. The highest BCUT2D eigenvalue weighted by molar-refractivity contribution is 6.32. The van der Waals surface area contributed by atoms with Crippen molar-refractivity contribution in [1.82, 2.24) is 10.5 Å². The highest BCUT2D eigenvalue weighted by Gasteiger charge is 2.09. The minimum absolute atomic E-state index is 0.272. The zero-order valence-corrected chi connectivity index (χ0v) is 13.4. The third-order valence-corrected chi connectivity index (χ3v) is 3.50. The molecule has 1 unspecified atom stereocenters. The second-order valence-corrected chi connectivity index (χ2v) is 5.50. The van der Waals surface area contributed by atoms with Crippen LogP contribution in [0.4, 0.5) is 0 Å². The fourth-order valence-corrected chi connectivity index (χ4v) is 2.26. The molecule has 0 saturated carbocycles. The number of hydrogen-bond acceptors (Lipinski definition) is 4. The summed E-state index contributed by atoms with van der Waals surface area (Å²) in [5.74, 6) is 1.34. The average Bonchev–Trinajstić information content (AvgIpc) is 2.89. The first kappa shape index (κ1) is 15.9. The van der Waals surface area contributed by atoms with E-state index in [1.807, 2.05) is 31.2 Å². The molecule has 1 aromatic heterocycles. The molecule has 0 bridgehead atoms. The third kappa shape index (κ3) is 4.48. The molecule has 0 aliphatic heterocycles. The number of aromatic nitrogens is 1. The Balaban J connectivity index is 1.98. The maximum absolute atomic E-state index is 6.28. The van der Waals surface area contributed by atoms with Crippen LogP contribution < -0.4 is 10.1 Å². The molecule has 0 aliphatic rings. The Labute approximate surface area is 130 Å². The van der Waals surface area contributed by atoms with Crippen LogP contribution in [0.5, 0.6) is 5.75 Å². The SMILES string of the molecule is CCCNC(C)c1ccc(OCc2cc(C)no2)c(Cl)c1. The van der Waals surface area contributed by atoms with Crippen molar-refractivity contribution in [3.63, 3.8) is 0 Å². The predicted molar refractivity (Wildman–Crippen MR) is 83.7 cm³/mol. The summed E-state index contributed by atoms with van der Waals surface area (Å²) in [6.45, 7) is 7.46. The summed E-state index contributed by atoms with van der Waals surface area (Å²) in [5.41, 5.74) is 1.99. The molecule has 1 atom stereocenters. The molecule has 0 saturated heterocycles. The van der Waals surface area contributed by atoms with Gasteiger partial charge in [-0.15, -0.1) is 0 Å². The van der Waals surface area contributed by atoms with Crippen LogP contribution in [0.3, 0.4) is 0 Å². The Hall–Kier alpha value is -1.52. The number of hydrogen-bond donors (Lipinski definition) is 1. The van der Waals surface area contributed by atoms with Crippen LogP contribution >= 0.6 is 11.6 Å². The Morgan fingerprint density at radius 3 is 2.81 bits per heavy atom. The van der Waals surface area contributed by atoms with E-state index in [1.165, 1.54) is 0 Å². The van der Waals surface area contributed by atoms with Gasteiger partial charge in [-0.05, 0) is 44.5 Å². The first-order valence-electron chi connectivity index (χ1n) is 7.18. The van der Waals surface area contributed by atoms with Crippen molar-refractivity contribution in [3.8, 4) is 5.75 Å². The number of ether oxygens (including phenoxy) is 1. The topological polar surface area (TPSA) is 47.3 Å². The lowest BCUT2D eigenvalue weighted by Gasteiger charge is -2.15. The lowest BCUT2D eigenvalue weighted by Crippen LogP contribution is -2.19. The van der Waals surface area contributed by atoms with Crippen molar-refractivity contribution in [2.24, 2.45) is 0 Å². The van der Waals surface area contributed by atoms with Crippen LogP contribution in [-0.2, 0) is 6.61 Å². The Bertz CT molecular complexity index is 583. The minimum atomic E-state index is 0.272. The van der Waals surface area contributed by atoms with Crippen LogP contribution in [0.1, 0.15) is 43.3 Å².